The number of anilines is 1. The summed E-state index contributed by atoms with van der Waals surface area (Å²) in [4.78, 5) is 14.3. The topological polar surface area (TPSA) is 56.8 Å². The van der Waals surface area contributed by atoms with Gasteiger partial charge in [-0.3, -0.25) is 0 Å². The van der Waals surface area contributed by atoms with Crippen LogP contribution in [0.15, 0.2) is 30.9 Å². The van der Waals surface area contributed by atoms with E-state index in [2.05, 4.69) is 25.2 Å². The molecule has 1 aliphatic heterocycles. The average molecular weight is 257 g/mol. The minimum Gasteiger partial charge on any atom is -0.367 e. The monoisotopic (exact) mass is 257 g/mol. The predicted molar refractivity (Wildman–Crippen MR) is 76.1 cm³/mol. The molecule has 0 aliphatic carbocycles. The Hall–Kier alpha value is -1.88. The average Bonchev–Trinajstić information content (AvgIpc) is 3.10. The molecule has 5 nitrogen and oxygen atoms in total. The molecule has 0 amide bonds. The van der Waals surface area contributed by atoms with Crippen LogP contribution in [0.5, 0.6) is 0 Å². The lowest BCUT2D eigenvalue weighted by Crippen LogP contribution is -2.25. The van der Waals surface area contributed by atoms with E-state index in [1.54, 1.807) is 0 Å². The Morgan fingerprint density at radius 3 is 2.89 bits per heavy atom. The largest absolute Gasteiger partial charge is 0.367 e. The summed E-state index contributed by atoms with van der Waals surface area (Å²) in [7, 11) is 2.00. The van der Waals surface area contributed by atoms with Crippen LogP contribution in [0.3, 0.4) is 0 Å². The van der Waals surface area contributed by atoms with E-state index in [9.17, 15) is 0 Å². The second kappa shape index (κ2) is 5.40. The highest BCUT2D eigenvalue weighted by molar-refractivity contribution is 5.61. The van der Waals surface area contributed by atoms with Gasteiger partial charge in [-0.1, -0.05) is 0 Å². The molecule has 1 aliphatic rings. The zero-order valence-electron chi connectivity index (χ0n) is 11.1. The third kappa shape index (κ3) is 2.61. The molecule has 2 N–H and O–H groups in total. The lowest BCUT2D eigenvalue weighted by molar-refractivity contribution is 0.548. The summed E-state index contributed by atoms with van der Waals surface area (Å²) < 4.78 is 0. The Labute approximate surface area is 113 Å². The molecule has 0 aromatic carbocycles. The van der Waals surface area contributed by atoms with E-state index in [-0.39, 0.29) is 0 Å². The van der Waals surface area contributed by atoms with Gasteiger partial charge in [0.25, 0.3) is 0 Å². The van der Waals surface area contributed by atoms with Crippen LogP contribution in [0.4, 0.5) is 5.95 Å². The first kappa shape index (κ1) is 12.2. The summed E-state index contributed by atoms with van der Waals surface area (Å²) in [5.41, 5.74) is 2.18. The van der Waals surface area contributed by atoms with E-state index in [1.165, 1.54) is 6.42 Å². The van der Waals surface area contributed by atoms with Crippen LogP contribution in [0.25, 0.3) is 11.1 Å². The van der Waals surface area contributed by atoms with E-state index in [1.807, 2.05) is 37.9 Å². The number of aromatic amines is 1. The normalized spacial score (nSPS) is 19.0. The molecule has 0 radical (unpaired) electrons. The standard InChI is InChI=1S/C14H19N5/c1-15-6-11-3-5-19(10-11)14-17-8-13(9-18-14)12-2-4-16-7-12/h2,4,7-9,11,15-16H,3,5-6,10H2,1H3. The zero-order valence-corrected chi connectivity index (χ0v) is 11.1. The lowest BCUT2D eigenvalue weighted by Gasteiger charge is -2.16. The van der Waals surface area contributed by atoms with Gasteiger partial charge in [0.05, 0.1) is 0 Å². The number of H-pyrrole nitrogens is 1. The minimum absolute atomic E-state index is 0.706. The minimum atomic E-state index is 0.706. The summed E-state index contributed by atoms with van der Waals surface area (Å²) >= 11 is 0. The van der Waals surface area contributed by atoms with Gasteiger partial charge in [-0.25, -0.2) is 9.97 Å². The fraction of sp³-hybridized carbons (Fsp3) is 0.429. The van der Waals surface area contributed by atoms with Gasteiger partial charge in [0.1, 0.15) is 0 Å². The molecule has 1 atom stereocenters. The van der Waals surface area contributed by atoms with Crippen molar-refractivity contribution < 1.29 is 0 Å². The van der Waals surface area contributed by atoms with Crippen molar-refractivity contribution in [3.8, 4) is 11.1 Å². The first-order valence-corrected chi connectivity index (χ1v) is 6.71. The van der Waals surface area contributed by atoms with Gasteiger partial charge < -0.3 is 15.2 Å². The second-order valence-corrected chi connectivity index (χ2v) is 5.03. The van der Waals surface area contributed by atoms with E-state index in [0.29, 0.717) is 5.92 Å². The summed E-state index contributed by atoms with van der Waals surface area (Å²) in [6.45, 7) is 3.16. The summed E-state index contributed by atoms with van der Waals surface area (Å²) in [6, 6.07) is 2.02. The molecule has 19 heavy (non-hydrogen) atoms. The molecule has 0 spiro atoms. The van der Waals surface area contributed by atoms with E-state index in [0.717, 1.165) is 36.7 Å². The third-order valence-electron chi connectivity index (χ3n) is 3.63. The van der Waals surface area contributed by atoms with Crippen molar-refractivity contribution in [1.29, 1.82) is 0 Å². The SMILES string of the molecule is CNCC1CCN(c2ncc(-c3cc[nH]c3)cn2)C1. The van der Waals surface area contributed by atoms with Crippen molar-refractivity contribution >= 4 is 5.95 Å². The van der Waals surface area contributed by atoms with E-state index < -0.39 is 0 Å². The number of aromatic nitrogens is 3. The Balaban J connectivity index is 1.70. The van der Waals surface area contributed by atoms with Crippen molar-refractivity contribution in [3.05, 3.63) is 30.9 Å². The van der Waals surface area contributed by atoms with Crippen molar-refractivity contribution in [2.45, 2.75) is 6.42 Å². The van der Waals surface area contributed by atoms with Crippen LogP contribution < -0.4 is 10.2 Å². The van der Waals surface area contributed by atoms with Gasteiger partial charge in [-0.2, -0.15) is 0 Å². The molecule has 1 fully saturated rings. The number of rotatable bonds is 4. The fourth-order valence-electron chi connectivity index (χ4n) is 2.61. The van der Waals surface area contributed by atoms with Crippen molar-refractivity contribution in [1.82, 2.24) is 20.3 Å². The maximum Gasteiger partial charge on any atom is 0.225 e. The lowest BCUT2D eigenvalue weighted by atomic mass is 10.1. The van der Waals surface area contributed by atoms with Crippen molar-refractivity contribution in [2.75, 3.05) is 31.6 Å². The van der Waals surface area contributed by atoms with Crippen LogP contribution in [-0.4, -0.2) is 41.6 Å². The Bertz CT molecular complexity index is 505. The van der Waals surface area contributed by atoms with Gasteiger partial charge in [-0.15, -0.1) is 0 Å². The van der Waals surface area contributed by atoms with Gasteiger partial charge in [0, 0.05) is 49.0 Å². The molecule has 0 saturated carbocycles. The molecular weight excluding hydrogens is 238 g/mol. The molecule has 2 aromatic rings. The summed E-state index contributed by atoms with van der Waals surface area (Å²) in [6.07, 6.45) is 8.88. The van der Waals surface area contributed by atoms with Crippen LogP contribution in [0, 0.1) is 5.92 Å². The molecule has 100 valence electrons. The van der Waals surface area contributed by atoms with Crippen LogP contribution in [-0.2, 0) is 0 Å². The van der Waals surface area contributed by atoms with Gasteiger partial charge in [0.15, 0.2) is 0 Å². The molecule has 3 rings (SSSR count). The maximum absolute atomic E-state index is 4.49. The van der Waals surface area contributed by atoms with Gasteiger partial charge in [-0.05, 0) is 32.0 Å². The third-order valence-corrected chi connectivity index (χ3v) is 3.63. The Kier molecular flexibility index (Phi) is 3.46. The molecule has 1 unspecified atom stereocenters. The number of nitrogens with one attached hydrogen (secondary N) is 2. The van der Waals surface area contributed by atoms with Crippen LogP contribution in [0.1, 0.15) is 6.42 Å². The Morgan fingerprint density at radius 1 is 1.37 bits per heavy atom. The fourth-order valence-corrected chi connectivity index (χ4v) is 2.61. The molecule has 1 saturated heterocycles. The van der Waals surface area contributed by atoms with E-state index >= 15 is 0 Å². The highest BCUT2D eigenvalue weighted by atomic mass is 15.3. The highest BCUT2D eigenvalue weighted by Gasteiger charge is 2.23. The second-order valence-electron chi connectivity index (χ2n) is 5.03. The van der Waals surface area contributed by atoms with Gasteiger partial charge >= 0.3 is 0 Å². The first-order valence-electron chi connectivity index (χ1n) is 6.71. The zero-order chi connectivity index (χ0) is 13.1. The van der Waals surface area contributed by atoms with E-state index in [4.69, 9.17) is 0 Å². The van der Waals surface area contributed by atoms with Crippen LogP contribution >= 0.6 is 0 Å². The number of hydrogen-bond donors (Lipinski definition) is 2. The van der Waals surface area contributed by atoms with Crippen LogP contribution in [0.2, 0.25) is 0 Å². The summed E-state index contributed by atoms with van der Waals surface area (Å²) in [5, 5.41) is 3.24. The molecule has 2 aromatic heterocycles. The molecule has 5 heteroatoms. The first-order chi connectivity index (χ1) is 9.36. The number of nitrogens with zero attached hydrogens (tertiary/aromatic N) is 3. The highest BCUT2D eigenvalue weighted by Crippen LogP contribution is 2.22. The Morgan fingerprint density at radius 2 is 2.21 bits per heavy atom. The van der Waals surface area contributed by atoms with Crippen molar-refractivity contribution in [2.24, 2.45) is 5.92 Å². The quantitative estimate of drug-likeness (QED) is 0.872. The molecule has 3 heterocycles. The molecule has 0 bridgehead atoms. The van der Waals surface area contributed by atoms with Gasteiger partial charge in [0.2, 0.25) is 5.95 Å². The smallest absolute Gasteiger partial charge is 0.225 e. The van der Waals surface area contributed by atoms with Crippen molar-refractivity contribution in [3.63, 3.8) is 0 Å². The molecular formula is C14H19N5. The maximum atomic E-state index is 4.49. The predicted octanol–water partition coefficient (Wildman–Crippen LogP) is 1.52. The summed E-state index contributed by atoms with van der Waals surface area (Å²) in [5.74, 6) is 1.55. The number of hydrogen-bond acceptors (Lipinski definition) is 4.